The molecule has 2 N–H and O–H groups in total. The molecule has 0 saturated heterocycles. The SMILES string of the molecule is CC(O)(CNC(=O)c1ccc(Cl)o1)c1ccco1. The highest BCUT2D eigenvalue weighted by atomic mass is 35.5. The first-order valence-electron chi connectivity index (χ1n) is 5.29. The van der Waals surface area contributed by atoms with Gasteiger partial charge in [-0.15, -0.1) is 0 Å². The number of nitrogens with one attached hydrogen (secondary N) is 1. The molecule has 0 fully saturated rings. The fourth-order valence-electron chi connectivity index (χ4n) is 1.45. The van der Waals surface area contributed by atoms with E-state index in [0.717, 1.165) is 0 Å². The highest BCUT2D eigenvalue weighted by Gasteiger charge is 2.27. The van der Waals surface area contributed by atoms with Gasteiger partial charge in [-0.3, -0.25) is 4.79 Å². The van der Waals surface area contributed by atoms with Gasteiger partial charge in [0.15, 0.2) is 11.0 Å². The van der Waals surface area contributed by atoms with Crippen LogP contribution in [-0.4, -0.2) is 17.6 Å². The van der Waals surface area contributed by atoms with Gasteiger partial charge in [0.2, 0.25) is 0 Å². The summed E-state index contributed by atoms with van der Waals surface area (Å²) in [6.07, 6.45) is 1.46. The molecule has 1 unspecified atom stereocenters. The summed E-state index contributed by atoms with van der Waals surface area (Å²) in [7, 11) is 0. The molecule has 6 heteroatoms. The topological polar surface area (TPSA) is 75.6 Å². The van der Waals surface area contributed by atoms with Gasteiger partial charge in [-0.25, -0.2) is 0 Å². The van der Waals surface area contributed by atoms with Crippen molar-refractivity contribution in [2.75, 3.05) is 6.54 Å². The van der Waals surface area contributed by atoms with Gasteiger partial charge in [-0.2, -0.15) is 0 Å². The fourth-order valence-corrected chi connectivity index (χ4v) is 1.59. The van der Waals surface area contributed by atoms with Gasteiger partial charge in [-0.1, -0.05) is 0 Å². The molecule has 0 spiro atoms. The molecule has 1 amide bonds. The predicted molar refractivity (Wildman–Crippen MR) is 64.3 cm³/mol. The molecular formula is C12H12ClNO4. The zero-order valence-corrected chi connectivity index (χ0v) is 10.4. The van der Waals surface area contributed by atoms with E-state index >= 15 is 0 Å². The smallest absolute Gasteiger partial charge is 0.287 e. The Balaban J connectivity index is 1.98. The lowest BCUT2D eigenvalue weighted by Crippen LogP contribution is -2.38. The first-order valence-corrected chi connectivity index (χ1v) is 5.67. The van der Waals surface area contributed by atoms with Crippen LogP contribution in [0.1, 0.15) is 23.2 Å². The second-order valence-electron chi connectivity index (χ2n) is 4.04. The number of rotatable bonds is 4. The Morgan fingerprint density at radius 1 is 1.50 bits per heavy atom. The van der Waals surface area contributed by atoms with E-state index in [1.165, 1.54) is 18.4 Å². The molecule has 0 aliphatic rings. The van der Waals surface area contributed by atoms with Crippen LogP contribution in [-0.2, 0) is 5.60 Å². The van der Waals surface area contributed by atoms with Crippen LogP contribution in [0.5, 0.6) is 0 Å². The largest absolute Gasteiger partial charge is 0.466 e. The van der Waals surface area contributed by atoms with E-state index < -0.39 is 11.5 Å². The number of hydrogen-bond acceptors (Lipinski definition) is 4. The Bertz CT molecular complexity index is 530. The molecule has 0 radical (unpaired) electrons. The summed E-state index contributed by atoms with van der Waals surface area (Å²) < 4.78 is 10.0. The maximum Gasteiger partial charge on any atom is 0.287 e. The number of hydrogen-bond donors (Lipinski definition) is 2. The van der Waals surface area contributed by atoms with Gasteiger partial charge in [0.25, 0.3) is 5.91 Å². The van der Waals surface area contributed by atoms with Gasteiger partial charge in [-0.05, 0) is 42.8 Å². The zero-order chi connectivity index (χ0) is 13.2. The third-order valence-electron chi connectivity index (χ3n) is 2.44. The van der Waals surface area contributed by atoms with Crippen molar-refractivity contribution in [3.8, 4) is 0 Å². The van der Waals surface area contributed by atoms with E-state index in [1.807, 2.05) is 0 Å². The van der Waals surface area contributed by atoms with Crippen molar-refractivity contribution in [1.82, 2.24) is 5.32 Å². The molecule has 2 heterocycles. The fraction of sp³-hybridized carbons (Fsp3) is 0.250. The third kappa shape index (κ3) is 2.75. The normalized spacial score (nSPS) is 14.2. The van der Waals surface area contributed by atoms with Gasteiger partial charge in [0.05, 0.1) is 12.8 Å². The second-order valence-corrected chi connectivity index (χ2v) is 4.41. The summed E-state index contributed by atoms with van der Waals surface area (Å²) in [6.45, 7) is 1.54. The van der Waals surface area contributed by atoms with E-state index in [4.69, 9.17) is 20.4 Å². The van der Waals surface area contributed by atoms with Crippen LogP contribution in [0.3, 0.4) is 0 Å². The molecule has 18 heavy (non-hydrogen) atoms. The molecule has 0 saturated carbocycles. The van der Waals surface area contributed by atoms with Crippen molar-refractivity contribution in [3.63, 3.8) is 0 Å². The number of amides is 1. The van der Waals surface area contributed by atoms with Crippen molar-refractivity contribution < 1.29 is 18.7 Å². The first kappa shape index (κ1) is 12.7. The molecule has 0 aliphatic carbocycles. The second kappa shape index (κ2) is 4.88. The summed E-state index contributed by atoms with van der Waals surface area (Å²) >= 11 is 5.56. The summed E-state index contributed by atoms with van der Waals surface area (Å²) in [5, 5.41) is 12.8. The minimum absolute atomic E-state index is 0.00232. The molecular weight excluding hydrogens is 258 g/mol. The lowest BCUT2D eigenvalue weighted by atomic mass is 10.0. The maximum absolute atomic E-state index is 11.7. The van der Waals surface area contributed by atoms with E-state index in [9.17, 15) is 9.90 Å². The van der Waals surface area contributed by atoms with Crippen molar-refractivity contribution in [2.45, 2.75) is 12.5 Å². The summed E-state index contributed by atoms with van der Waals surface area (Å²) in [6, 6.07) is 6.23. The monoisotopic (exact) mass is 269 g/mol. The highest BCUT2D eigenvalue weighted by molar-refractivity contribution is 6.29. The predicted octanol–water partition coefficient (Wildman–Crippen LogP) is 2.16. The van der Waals surface area contributed by atoms with Gasteiger partial charge in [0, 0.05) is 0 Å². The lowest BCUT2D eigenvalue weighted by Gasteiger charge is -2.20. The van der Waals surface area contributed by atoms with Crippen LogP contribution < -0.4 is 5.32 Å². The quantitative estimate of drug-likeness (QED) is 0.892. The van der Waals surface area contributed by atoms with Gasteiger partial charge >= 0.3 is 0 Å². The zero-order valence-electron chi connectivity index (χ0n) is 9.64. The van der Waals surface area contributed by atoms with E-state index in [2.05, 4.69) is 5.32 Å². The number of carbonyl (C=O) groups excluding carboxylic acids is 1. The van der Waals surface area contributed by atoms with Crippen LogP contribution in [0.2, 0.25) is 5.22 Å². The molecule has 2 aromatic rings. The molecule has 2 rings (SSSR count). The Morgan fingerprint density at radius 2 is 2.28 bits per heavy atom. The molecule has 0 aliphatic heterocycles. The number of furan rings is 2. The van der Waals surface area contributed by atoms with E-state index in [-0.39, 0.29) is 17.5 Å². The van der Waals surface area contributed by atoms with Crippen LogP contribution in [0.25, 0.3) is 0 Å². The Labute approximate surface area is 108 Å². The van der Waals surface area contributed by atoms with Crippen LogP contribution >= 0.6 is 11.6 Å². The average molecular weight is 270 g/mol. The van der Waals surface area contributed by atoms with Crippen molar-refractivity contribution in [3.05, 3.63) is 47.3 Å². The van der Waals surface area contributed by atoms with E-state index in [1.54, 1.807) is 19.1 Å². The number of aliphatic hydroxyl groups is 1. The van der Waals surface area contributed by atoms with Gasteiger partial charge in [0.1, 0.15) is 11.4 Å². The van der Waals surface area contributed by atoms with Crippen molar-refractivity contribution >= 4 is 17.5 Å². The number of halogens is 1. The molecule has 0 aromatic carbocycles. The molecule has 1 atom stereocenters. The van der Waals surface area contributed by atoms with Crippen molar-refractivity contribution in [2.24, 2.45) is 0 Å². The summed E-state index contributed by atoms with van der Waals surface area (Å²) in [5.74, 6) is 0.0178. The van der Waals surface area contributed by atoms with Crippen LogP contribution in [0.15, 0.2) is 39.4 Å². The highest BCUT2D eigenvalue weighted by Crippen LogP contribution is 2.20. The molecule has 0 bridgehead atoms. The Hall–Kier alpha value is -1.72. The first-order chi connectivity index (χ1) is 8.49. The lowest BCUT2D eigenvalue weighted by molar-refractivity contribution is 0.0326. The maximum atomic E-state index is 11.7. The molecule has 2 aromatic heterocycles. The van der Waals surface area contributed by atoms with Crippen LogP contribution in [0.4, 0.5) is 0 Å². The third-order valence-corrected chi connectivity index (χ3v) is 2.65. The molecule has 96 valence electrons. The molecule has 5 nitrogen and oxygen atoms in total. The van der Waals surface area contributed by atoms with Gasteiger partial charge < -0.3 is 19.3 Å². The Kier molecular flexibility index (Phi) is 3.45. The van der Waals surface area contributed by atoms with Crippen molar-refractivity contribution in [1.29, 1.82) is 0 Å². The number of carbonyl (C=O) groups is 1. The summed E-state index contributed by atoms with van der Waals surface area (Å²) in [4.78, 5) is 11.7. The minimum atomic E-state index is -1.28. The standard InChI is InChI=1S/C12H12ClNO4/c1-12(16,9-3-2-6-17-9)7-14-11(15)8-4-5-10(13)18-8/h2-6,16H,7H2,1H3,(H,14,15). The van der Waals surface area contributed by atoms with Crippen LogP contribution in [0, 0.1) is 0 Å². The minimum Gasteiger partial charge on any atom is -0.466 e. The summed E-state index contributed by atoms with van der Waals surface area (Å²) in [5.41, 5.74) is -1.28. The Morgan fingerprint density at radius 3 is 2.83 bits per heavy atom. The average Bonchev–Trinajstić information content (AvgIpc) is 2.96. The van der Waals surface area contributed by atoms with E-state index in [0.29, 0.717) is 5.76 Å².